The summed E-state index contributed by atoms with van der Waals surface area (Å²) in [6, 6.07) is 22.2. The van der Waals surface area contributed by atoms with Crippen LogP contribution in [0.4, 0.5) is 0 Å². The highest BCUT2D eigenvalue weighted by Crippen LogP contribution is 2.33. The molecule has 0 unspecified atom stereocenters. The highest BCUT2D eigenvalue weighted by Gasteiger charge is 2.15. The van der Waals surface area contributed by atoms with E-state index in [2.05, 4.69) is 23.2 Å². The first-order valence-corrected chi connectivity index (χ1v) is 11.7. The zero-order valence-electron chi connectivity index (χ0n) is 18.1. The van der Waals surface area contributed by atoms with Crippen LogP contribution in [0.15, 0.2) is 84.5 Å². The minimum atomic E-state index is -0.167. The minimum Gasteiger partial charge on any atom is -0.483 e. The quantitative estimate of drug-likeness (QED) is 0.282. The average molecular weight is 443 g/mol. The van der Waals surface area contributed by atoms with E-state index >= 15 is 0 Å². The number of thiazole rings is 1. The molecule has 0 fully saturated rings. The molecule has 0 aliphatic rings. The Labute approximate surface area is 193 Å². The molecule has 0 aliphatic carbocycles. The van der Waals surface area contributed by atoms with Crippen molar-refractivity contribution in [3.8, 4) is 16.9 Å². The summed E-state index contributed by atoms with van der Waals surface area (Å²) < 4.78 is 6.29. The van der Waals surface area contributed by atoms with Crippen molar-refractivity contribution < 1.29 is 9.53 Å². The van der Waals surface area contributed by atoms with Gasteiger partial charge in [0.2, 0.25) is 0 Å². The van der Waals surface area contributed by atoms with E-state index in [1.807, 2.05) is 67.0 Å². The summed E-state index contributed by atoms with van der Waals surface area (Å²) in [6.45, 7) is 2.02. The molecule has 0 amide bonds. The van der Waals surface area contributed by atoms with Crippen molar-refractivity contribution in [1.82, 2.24) is 9.97 Å². The number of nitrogens with zero attached hydrogens (tertiary/aromatic N) is 2. The van der Waals surface area contributed by atoms with E-state index in [9.17, 15) is 4.79 Å². The molecule has 2 heterocycles. The maximum Gasteiger partial charge on any atom is 0.147 e. The third kappa shape index (κ3) is 5.89. The fourth-order valence-corrected chi connectivity index (χ4v) is 4.35. The predicted molar refractivity (Wildman–Crippen MR) is 129 cm³/mol. The molecular weight excluding hydrogens is 416 g/mol. The second-order valence-corrected chi connectivity index (χ2v) is 8.59. The zero-order chi connectivity index (χ0) is 22.2. The molecule has 0 aliphatic heterocycles. The van der Waals surface area contributed by atoms with Crippen LogP contribution in [0.3, 0.4) is 0 Å². The van der Waals surface area contributed by atoms with Gasteiger partial charge in [0.25, 0.3) is 0 Å². The molecule has 0 radical (unpaired) electrons. The summed E-state index contributed by atoms with van der Waals surface area (Å²) >= 11 is 1.58. The first kappa shape index (κ1) is 21.9. The number of benzene rings is 2. The van der Waals surface area contributed by atoms with Crippen LogP contribution in [0, 0.1) is 0 Å². The average Bonchev–Trinajstić information content (AvgIpc) is 3.32. The van der Waals surface area contributed by atoms with Crippen molar-refractivity contribution in [1.29, 1.82) is 0 Å². The van der Waals surface area contributed by atoms with E-state index < -0.39 is 0 Å². The lowest BCUT2D eigenvalue weighted by Gasteiger charge is -2.16. The van der Waals surface area contributed by atoms with Crippen LogP contribution in [0.5, 0.6) is 5.75 Å². The lowest BCUT2D eigenvalue weighted by atomic mass is 10.0. The van der Waals surface area contributed by atoms with Gasteiger partial charge in [-0.15, -0.1) is 11.3 Å². The smallest absolute Gasteiger partial charge is 0.147 e. The molecule has 4 rings (SSSR count). The highest BCUT2D eigenvalue weighted by atomic mass is 32.1. The number of hydrogen-bond acceptors (Lipinski definition) is 5. The van der Waals surface area contributed by atoms with Gasteiger partial charge < -0.3 is 4.74 Å². The number of Topliss-reactive ketones (excluding diaryl/α,β-unsaturated/α-hetero) is 1. The van der Waals surface area contributed by atoms with Crippen LogP contribution in [-0.4, -0.2) is 15.8 Å². The van der Waals surface area contributed by atoms with E-state index in [1.54, 1.807) is 17.5 Å². The lowest BCUT2D eigenvalue weighted by Crippen LogP contribution is -2.05. The first-order valence-electron chi connectivity index (χ1n) is 10.8. The van der Waals surface area contributed by atoms with E-state index in [4.69, 9.17) is 9.72 Å². The van der Waals surface area contributed by atoms with E-state index in [-0.39, 0.29) is 11.9 Å². The number of aryl methyl sites for hydroxylation is 2. The van der Waals surface area contributed by atoms with Crippen molar-refractivity contribution in [2.24, 2.45) is 0 Å². The SMILES string of the molecule is C[C@H](Oc1ccccc1-c1ccccc1)c1nc(CCC(=O)CCc2cccnc2)cs1. The number of para-hydroxylation sites is 1. The molecule has 2 aromatic heterocycles. The molecule has 0 bridgehead atoms. The van der Waals surface area contributed by atoms with E-state index in [0.717, 1.165) is 39.6 Å². The Morgan fingerprint density at radius 3 is 2.56 bits per heavy atom. The van der Waals surface area contributed by atoms with Gasteiger partial charge in [-0.05, 0) is 43.0 Å². The van der Waals surface area contributed by atoms with Gasteiger partial charge in [-0.3, -0.25) is 9.78 Å². The molecule has 2 aromatic carbocycles. The zero-order valence-corrected chi connectivity index (χ0v) is 18.9. The summed E-state index contributed by atoms with van der Waals surface area (Å²) in [6.07, 6.45) is 5.84. The summed E-state index contributed by atoms with van der Waals surface area (Å²) in [4.78, 5) is 21.1. The Bertz CT molecular complexity index is 1140. The maximum absolute atomic E-state index is 12.3. The van der Waals surface area contributed by atoms with Gasteiger partial charge in [0.15, 0.2) is 0 Å². The van der Waals surface area contributed by atoms with Gasteiger partial charge >= 0.3 is 0 Å². The Hall–Kier alpha value is -3.31. The third-order valence-electron chi connectivity index (χ3n) is 5.27. The standard InChI is InChI=1S/C27H26N2O2S/c1-20(31-26-12-6-5-11-25(26)22-9-3-2-4-10-22)27-29-23(19-32-27)14-16-24(30)15-13-21-8-7-17-28-18-21/h2-12,17-20H,13-16H2,1H3/t20-/m0/s1. The van der Waals surface area contributed by atoms with Gasteiger partial charge in [-0.2, -0.15) is 0 Å². The fraction of sp³-hybridized carbons (Fsp3) is 0.222. The largest absolute Gasteiger partial charge is 0.483 e. The number of rotatable bonds is 10. The molecule has 4 aromatic rings. The maximum atomic E-state index is 12.3. The molecule has 0 saturated carbocycles. The van der Waals surface area contributed by atoms with Crippen molar-refractivity contribution in [3.05, 3.63) is 101 Å². The second kappa shape index (κ2) is 10.8. The van der Waals surface area contributed by atoms with Gasteiger partial charge in [0.05, 0.1) is 5.69 Å². The van der Waals surface area contributed by atoms with Crippen molar-refractivity contribution >= 4 is 17.1 Å². The summed E-state index contributed by atoms with van der Waals surface area (Å²) in [7, 11) is 0. The monoisotopic (exact) mass is 442 g/mol. The Balaban J connectivity index is 1.32. The van der Waals surface area contributed by atoms with Crippen LogP contribution in [0.25, 0.3) is 11.1 Å². The number of ketones is 1. The van der Waals surface area contributed by atoms with Crippen molar-refractivity contribution in [3.63, 3.8) is 0 Å². The Kier molecular flexibility index (Phi) is 7.41. The summed E-state index contributed by atoms with van der Waals surface area (Å²) in [5.41, 5.74) is 4.24. The first-order chi connectivity index (χ1) is 15.7. The molecule has 162 valence electrons. The van der Waals surface area contributed by atoms with Crippen LogP contribution in [0.2, 0.25) is 0 Å². The Morgan fingerprint density at radius 2 is 1.75 bits per heavy atom. The molecule has 0 spiro atoms. The highest BCUT2D eigenvalue weighted by molar-refractivity contribution is 7.09. The fourth-order valence-electron chi connectivity index (χ4n) is 3.51. The van der Waals surface area contributed by atoms with E-state index in [0.29, 0.717) is 19.3 Å². The molecule has 0 saturated heterocycles. The number of carbonyl (C=O) groups excluding carboxylic acids is 1. The van der Waals surface area contributed by atoms with E-state index in [1.165, 1.54) is 0 Å². The van der Waals surface area contributed by atoms with Crippen LogP contribution < -0.4 is 4.74 Å². The normalized spacial score (nSPS) is 11.8. The number of ether oxygens (including phenoxy) is 1. The van der Waals surface area contributed by atoms with Gasteiger partial charge in [-0.1, -0.05) is 54.6 Å². The van der Waals surface area contributed by atoms with Crippen LogP contribution in [0.1, 0.15) is 42.1 Å². The molecule has 1 atom stereocenters. The molecule has 0 N–H and O–H groups in total. The number of carbonyl (C=O) groups is 1. The van der Waals surface area contributed by atoms with Crippen molar-refractivity contribution in [2.75, 3.05) is 0 Å². The lowest BCUT2D eigenvalue weighted by molar-refractivity contribution is -0.119. The summed E-state index contributed by atoms with van der Waals surface area (Å²) in [5.74, 6) is 1.10. The van der Waals surface area contributed by atoms with Crippen LogP contribution >= 0.6 is 11.3 Å². The second-order valence-electron chi connectivity index (χ2n) is 7.70. The molecule has 4 nitrogen and oxygen atoms in total. The predicted octanol–water partition coefficient (Wildman–Crippen LogP) is 6.48. The van der Waals surface area contributed by atoms with Gasteiger partial charge in [-0.25, -0.2) is 4.98 Å². The van der Waals surface area contributed by atoms with Gasteiger partial charge in [0, 0.05) is 36.2 Å². The molecular formula is C27H26N2O2S. The number of pyridine rings is 1. The van der Waals surface area contributed by atoms with Gasteiger partial charge in [0.1, 0.15) is 22.6 Å². The molecule has 32 heavy (non-hydrogen) atoms. The third-order valence-corrected chi connectivity index (χ3v) is 6.32. The van der Waals surface area contributed by atoms with Crippen LogP contribution in [-0.2, 0) is 17.6 Å². The summed E-state index contributed by atoms with van der Waals surface area (Å²) in [5, 5.41) is 2.96. The minimum absolute atomic E-state index is 0.167. The number of aromatic nitrogens is 2. The number of hydrogen-bond donors (Lipinski definition) is 0. The topological polar surface area (TPSA) is 52.1 Å². The van der Waals surface area contributed by atoms with Crippen molar-refractivity contribution in [2.45, 2.75) is 38.7 Å². The Morgan fingerprint density at radius 1 is 0.969 bits per heavy atom. The molecule has 5 heteroatoms.